The van der Waals surface area contributed by atoms with E-state index in [-0.39, 0.29) is 6.61 Å². The van der Waals surface area contributed by atoms with Crippen LogP contribution in [0.4, 0.5) is 0 Å². The molecule has 0 radical (unpaired) electrons. The molecule has 2 fully saturated rings. The second-order valence-electron chi connectivity index (χ2n) is 13.3. The number of unbranched alkanes of at least 4 members (excludes halogenated alkanes) is 6. The molecule has 0 spiro atoms. The van der Waals surface area contributed by atoms with Gasteiger partial charge in [-0.2, -0.15) is 24.4 Å². The van der Waals surface area contributed by atoms with Gasteiger partial charge in [-0.1, -0.05) is 32.1 Å². The molecule has 0 bridgehead atoms. The van der Waals surface area contributed by atoms with E-state index in [0.717, 1.165) is 85.7 Å². The maximum Gasteiger partial charge on any atom is 0.303 e. The van der Waals surface area contributed by atoms with Gasteiger partial charge in [0.1, 0.15) is 31.5 Å². The predicted molar refractivity (Wildman–Crippen MR) is 203 cm³/mol. The van der Waals surface area contributed by atoms with E-state index in [4.69, 9.17) is 52.1 Å². The Balaban J connectivity index is 2.45. The molecule has 0 aromatic rings. The standard InChI is InChI=1S/C37H58O18S2/c1-21(38)46-19-28-30(48-23(3)40)32(49-24(4)41)35(52-27(7)44)37(54-28)55-31-29(20-47-22(2)39)53-36(34(51-26(6)43)33(31)50-25(5)42)45-15-18-57-17-14-12-10-8-9-11-13-16-56/h28-37,56H,8-20H2,1-7H3/t28-,29-,30+,31+,32+,33+,34-,35-,36-,37-/m1/s1. The summed E-state index contributed by atoms with van der Waals surface area (Å²) in [6.07, 6.45) is -7.10. The Labute approximate surface area is 343 Å². The molecule has 0 unspecified atom stereocenters. The fourth-order valence-electron chi connectivity index (χ4n) is 6.13. The molecule has 57 heavy (non-hydrogen) atoms. The fourth-order valence-corrected chi connectivity index (χ4v) is 7.18. The first kappa shape index (κ1) is 50.0. The van der Waals surface area contributed by atoms with Crippen LogP contribution < -0.4 is 0 Å². The number of rotatable bonds is 24. The molecule has 10 atom stereocenters. The quantitative estimate of drug-likeness (QED) is 0.0638. The topological polar surface area (TPSA) is 221 Å². The molecule has 2 rings (SSSR count). The summed E-state index contributed by atoms with van der Waals surface area (Å²) in [5.74, 6) is -3.33. The van der Waals surface area contributed by atoms with Crippen LogP contribution in [0.1, 0.15) is 93.4 Å². The monoisotopic (exact) mass is 854 g/mol. The Bertz CT molecular complexity index is 1320. The molecule has 2 aliphatic rings. The first-order chi connectivity index (χ1) is 27.0. The molecule has 2 heterocycles. The summed E-state index contributed by atoms with van der Waals surface area (Å²) in [4.78, 5) is 85.9. The van der Waals surface area contributed by atoms with Crippen molar-refractivity contribution in [3.05, 3.63) is 0 Å². The SMILES string of the molecule is CC(=O)OC[C@H]1O[C@H](O[C@@H]2[C@H](OC(C)=O)[C@@H](OC(C)=O)[C@H](OCCSCCCCCCCCCS)O[C@@H]2COC(C)=O)[C@H](OC(C)=O)[C@@H](OC(C)=O)[C@H]1OC(C)=O. The molecule has 20 heteroatoms. The third kappa shape index (κ3) is 19.0. The van der Waals surface area contributed by atoms with Crippen molar-refractivity contribution < 1.29 is 85.7 Å². The summed E-state index contributed by atoms with van der Waals surface area (Å²) in [7, 11) is 0. The van der Waals surface area contributed by atoms with Gasteiger partial charge in [0.05, 0.1) is 6.61 Å². The third-order valence-electron chi connectivity index (χ3n) is 8.34. The minimum atomic E-state index is -1.77. The molecule has 0 saturated carbocycles. The maximum atomic E-state index is 12.6. The molecular formula is C37H58O18S2. The van der Waals surface area contributed by atoms with Crippen molar-refractivity contribution >= 4 is 66.2 Å². The van der Waals surface area contributed by atoms with Crippen molar-refractivity contribution in [1.29, 1.82) is 0 Å². The lowest BCUT2D eigenvalue weighted by Gasteiger charge is -2.48. The molecule has 18 nitrogen and oxygen atoms in total. The van der Waals surface area contributed by atoms with Gasteiger partial charge < -0.3 is 52.1 Å². The number of ether oxygens (including phenoxy) is 11. The first-order valence-electron chi connectivity index (χ1n) is 18.9. The van der Waals surface area contributed by atoms with Crippen LogP contribution in [0.25, 0.3) is 0 Å². The second-order valence-corrected chi connectivity index (χ2v) is 15.0. The van der Waals surface area contributed by atoms with Crippen LogP contribution in [0, 0.1) is 0 Å². The molecule has 326 valence electrons. The van der Waals surface area contributed by atoms with E-state index in [9.17, 15) is 33.6 Å². The van der Waals surface area contributed by atoms with E-state index in [1.54, 1.807) is 11.8 Å². The number of hydrogen-bond acceptors (Lipinski definition) is 20. The Hall–Kier alpha value is -3.17. The zero-order valence-corrected chi connectivity index (χ0v) is 35.4. The Kier molecular flexibility index (Phi) is 23.5. The number of thioether (sulfide) groups is 1. The van der Waals surface area contributed by atoms with Crippen LogP contribution in [0.3, 0.4) is 0 Å². The molecule has 0 aromatic heterocycles. The molecule has 0 N–H and O–H groups in total. The second kappa shape index (κ2) is 26.8. The van der Waals surface area contributed by atoms with E-state index in [1.165, 1.54) is 19.3 Å². The van der Waals surface area contributed by atoms with E-state index in [2.05, 4.69) is 12.6 Å². The van der Waals surface area contributed by atoms with Gasteiger partial charge in [-0.25, -0.2) is 0 Å². The normalized spacial score (nSPS) is 27.0. The number of carbonyl (C=O) groups excluding carboxylic acids is 7. The van der Waals surface area contributed by atoms with Crippen molar-refractivity contribution in [3.8, 4) is 0 Å². The molecular weight excluding hydrogens is 797 g/mol. The molecule has 2 aliphatic heterocycles. The highest BCUT2D eigenvalue weighted by molar-refractivity contribution is 7.99. The third-order valence-corrected chi connectivity index (χ3v) is 9.69. The largest absolute Gasteiger partial charge is 0.463 e. The van der Waals surface area contributed by atoms with Gasteiger partial charge in [-0.15, -0.1) is 0 Å². The highest BCUT2D eigenvalue weighted by Gasteiger charge is 2.57. The lowest BCUT2D eigenvalue weighted by molar-refractivity contribution is -0.360. The average Bonchev–Trinajstić information content (AvgIpc) is 3.10. The van der Waals surface area contributed by atoms with Crippen LogP contribution in [0.15, 0.2) is 0 Å². The lowest BCUT2D eigenvalue weighted by Crippen LogP contribution is -2.67. The van der Waals surface area contributed by atoms with Gasteiger partial charge in [0.25, 0.3) is 0 Å². The van der Waals surface area contributed by atoms with Crippen molar-refractivity contribution in [3.63, 3.8) is 0 Å². The van der Waals surface area contributed by atoms with E-state index >= 15 is 0 Å². The number of hydrogen-bond donors (Lipinski definition) is 1. The lowest BCUT2D eigenvalue weighted by atomic mass is 9.96. The van der Waals surface area contributed by atoms with Gasteiger partial charge in [0, 0.05) is 54.2 Å². The van der Waals surface area contributed by atoms with Crippen molar-refractivity contribution in [2.75, 3.05) is 37.1 Å². The minimum Gasteiger partial charge on any atom is -0.463 e. The van der Waals surface area contributed by atoms with E-state index < -0.39 is 116 Å². The van der Waals surface area contributed by atoms with Gasteiger partial charge in [0.2, 0.25) is 0 Å². The van der Waals surface area contributed by atoms with Crippen LogP contribution in [-0.2, 0) is 85.7 Å². The molecule has 0 aromatic carbocycles. The van der Waals surface area contributed by atoms with Crippen molar-refractivity contribution in [2.24, 2.45) is 0 Å². The van der Waals surface area contributed by atoms with Gasteiger partial charge >= 0.3 is 41.8 Å². The van der Waals surface area contributed by atoms with E-state index in [0.29, 0.717) is 5.75 Å². The summed E-state index contributed by atoms with van der Waals surface area (Å²) in [6, 6.07) is 0. The Morgan fingerprint density at radius 1 is 0.474 bits per heavy atom. The Morgan fingerprint density at radius 2 is 0.877 bits per heavy atom. The van der Waals surface area contributed by atoms with Gasteiger partial charge in [-0.05, 0) is 24.3 Å². The average molecular weight is 855 g/mol. The smallest absolute Gasteiger partial charge is 0.303 e. The molecule has 0 amide bonds. The summed E-state index contributed by atoms with van der Waals surface area (Å²) in [5, 5.41) is 0. The molecule has 0 aliphatic carbocycles. The molecule has 2 saturated heterocycles. The first-order valence-corrected chi connectivity index (χ1v) is 20.7. The van der Waals surface area contributed by atoms with Crippen molar-refractivity contribution in [2.45, 2.75) is 155 Å². The van der Waals surface area contributed by atoms with Crippen LogP contribution in [-0.4, -0.2) is 140 Å². The van der Waals surface area contributed by atoms with Crippen LogP contribution in [0.5, 0.6) is 0 Å². The summed E-state index contributed by atoms with van der Waals surface area (Å²) >= 11 is 5.91. The van der Waals surface area contributed by atoms with E-state index in [1.807, 2.05) is 0 Å². The maximum absolute atomic E-state index is 12.6. The Morgan fingerprint density at radius 3 is 1.37 bits per heavy atom. The minimum absolute atomic E-state index is 0.134. The fraction of sp³-hybridized carbons (Fsp3) is 0.811. The summed E-state index contributed by atoms with van der Waals surface area (Å²) in [6.45, 7) is 6.75. The zero-order chi connectivity index (χ0) is 42.5. The van der Waals surface area contributed by atoms with Gasteiger partial charge in [-0.3, -0.25) is 33.6 Å². The number of esters is 7. The summed E-state index contributed by atoms with van der Waals surface area (Å²) < 4.78 is 62.9. The number of thiol groups is 1. The summed E-state index contributed by atoms with van der Waals surface area (Å²) in [5.41, 5.74) is 0. The highest BCUT2D eigenvalue weighted by atomic mass is 32.2. The zero-order valence-electron chi connectivity index (χ0n) is 33.7. The predicted octanol–water partition coefficient (Wildman–Crippen LogP) is 3.02. The van der Waals surface area contributed by atoms with Crippen molar-refractivity contribution in [1.82, 2.24) is 0 Å². The highest BCUT2D eigenvalue weighted by Crippen LogP contribution is 2.35. The number of carbonyl (C=O) groups is 7. The van der Waals surface area contributed by atoms with Crippen LogP contribution in [0.2, 0.25) is 0 Å². The van der Waals surface area contributed by atoms with Gasteiger partial charge in [0.15, 0.2) is 43.1 Å². The van der Waals surface area contributed by atoms with Crippen LogP contribution >= 0.6 is 24.4 Å².